The molecule has 246 valence electrons. The number of nitrogens with zero attached hydrogens (tertiary/aromatic N) is 7. The van der Waals surface area contributed by atoms with E-state index in [1.54, 1.807) is 0 Å². The third-order valence-electron chi connectivity index (χ3n) is 10.6. The van der Waals surface area contributed by atoms with E-state index in [0.29, 0.717) is 64.0 Å². The van der Waals surface area contributed by atoms with Crippen LogP contribution in [-0.4, -0.2) is 110 Å². The highest BCUT2D eigenvalue weighted by molar-refractivity contribution is 6.36. The third kappa shape index (κ3) is 5.86. The average molecular weight is 658 g/mol. The van der Waals surface area contributed by atoms with Crippen molar-refractivity contribution in [2.75, 3.05) is 69.4 Å². The Morgan fingerprint density at radius 1 is 1.09 bits per heavy atom. The highest BCUT2D eigenvalue weighted by atomic mass is 35.5. The smallest absolute Gasteiger partial charge is 0.318 e. The van der Waals surface area contributed by atoms with Gasteiger partial charge in [-0.25, -0.2) is 0 Å². The number of piperazine rings is 1. The van der Waals surface area contributed by atoms with Gasteiger partial charge in [-0.05, 0) is 50.4 Å². The van der Waals surface area contributed by atoms with Gasteiger partial charge in [-0.2, -0.15) is 15.2 Å². The molecule has 11 nitrogen and oxygen atoms in total. The minimum atomic E-state index is -0.425. The molecule has 0 bridgehead atoms. The maximum Gasteiger partial charge on any atom is 0.318 e. The Balaban J connectivity index is 1.08. The topological polar surface area (TPSA) is 111 Å². The zero-order valence-electron chi connectivity index (χ0n) is 26.7. The van der Waals surface area contributed by atoms with Gasteiger partial charge in [0.15, 0.2) is 6.10 Å². The number of carbonyl (C=O) groups is 1. The summed E-state index contributed by atoms with van der Waals surface area (Å²) in [5, 5.41) is 12.6. The minimum Gasteiger partial charge on any atom is -0.462 e. The Hall–Kier alpha value is -3.69. The summed E-state index contributed by atoms with van der Waals surface area (Å²) in [7, 11) is 2.14. The molecular formula is C35H40ClN7O4. The number of likely N-dealkylation sites (tertiary alicyclic amines) is 1. The van der Waals surface area contributed by atoms with Crippen molar-refractivity contribution in [1.29, 1.82) is 5.26 Å². The predicted molar refractivity (Wildman–Crippen MR) is 178 cm³/mol. The monoisotopic (exact) mass is 657 g/mol. The standard InChI is InChI=1S/C35H40ClN7O4/c1-40-13-4-7-25(40)21-46-35-38-28-18-41(29-9-3-6-22-5-2-8-27(36)30(22)29)14-11-26(28)33(39-35)42-15-16-43(24(17-42)10-12-37)34(44)32-31(47-32)23-19-45-20-23/h2-3,5-6,8-9,23-25,31-32H,4,7,10-11,13-21H2,1H3/t24-,25-,31+,32-/m0/s1. The SMILES string of the molecule is CN1CCC[C@H]1COc1nc2c(c(N3CCN(C(=O)[C@H]4O[C@@H]4C4COC4)[C@@H](CC#N)C3)n1)CCN(c1cccc3cccc(Cl)c13)C2. The van der Waals surface area contributed by atoms with E-state index in [1.165, 1.54) is 0 Å². The lowest BCUT2D eigenvalue weighted by molar-refractivity contribution is -0.135. The van der Waals surface area contributed by atoms with E-state index in [2.05, 4.69) is 52.1 Å². The van der Waals surface area contributed by atoms with E-state index >= 15 is 0 Å². The van der Waals surface area contributed by atoms with Gasteiger partial charge in [0, 0.05) is 54.8 Å². The third-order valence-corrected chi connectivity index (χ3v) is 10.9. The zero-order valence-corrected chi connectivity index (χ0v) is 27.4. The van der Waals surface area contributed by atoms with Gasteiger partial charge in [-0.3, -0.25) is 4.79 Å². The van der Waals surface area contributed by atoms with Crippen LogP contribution in [0.25, 0.3) is 10.8 Å². The molecule has 4 atom stereocenters. The maximum absolute atomic E-state index is 13.5. The number of fused-ring (bicyclic) bond motifs is 2. The minimum absolute atomic E-state index is 0.0133. The molecule has 0 aliphatic carbocycles. The van der Waals surface area contributed by atoms with Gasteiger partial charge < -0.3 is 33.8 Å². The first-order valence-electron chi connectivity index (χ1n) is 16.8. The molecule has 0 radical (unpaired) electrons. The molecule has 47 heavy (non-hydrogen) atoms. The fourth-order valence-electron chi connectivity index (χ4n) is 7.73. The van der Waals surface area contributed by atoms with Crippen LogP contribution < -0.4 is 14.5 Å². The Morgan fingerprint density at radius 3 is 2.70 bits per heavy atom. The molecule has 6 heterocycles. The summed E-state index contributed by atoms with van der Waals surface area (Å²) in [6.07, 6.45) is 2.75. The molecular weight excluding hydrogens is 618 g/mol. The van der Waals surface area contributed by atoms with E-state index in [9.17, 15) is 10.1 Å². The van der Waals surface area contributed by atoms with E-state index in [4.69, 9.17) is 35.8 Å². The molecule has 0 spiro atoms. The van der Waals surface area contributed by atoms with Crippen molar-refractivity contribution < 1.29 is 19.0 Å². The number of amides is 1. The lowest BCUT2D eigenvalue weighted by atomic mass is 9.99. The van der Waals surface area contributed by atoms with Crippen molar-refractivity contribution in [3.8, 4) is 12.1 Å². The van der Waals surface area contributed by atoms with E-state index < -0.39 is 6.10 Å². The molecule has 8 rings (SSSR count). The van der Waals surface area contributed by atoms with Crippen molar-refractivity contribution in [1.82, 2.24) is 19.8 Å². The van der Waals surface area contributed by atoms with Crippen LogP contribution in [0.4, 0.5) is 11.5 Å². The van der Waals surface area contributed by atoms with Crippen LogP contribution in [0.1, 0.15) is 30.5 Å². The fourth-order valence-corrected chi connectivity index (χ4v) is 8.01. The number of likely N-dealkylation sites (N-methyl/N-ethyl adjacent to an activating group) is 1. The summed E-state index contributed by atoms with van der Waals surface area (Å²) in [5.41, 5.74) is 3.13. The van der Waals surface area contributed by atoms with Gasteiger partial charge in [0.2, 0.25) is 0 Å². The van der Waals surface area contributed by atoms with E-state index in [1.807, 2.05) is 17.0 Å². The predicted octanol–water partition coefficient (Wildman–Crippen LogP) is 3.66. The van der Waals surface area contributed by atoms with Crippen molar-refractivity contribution in [2.45, 2.75) is 56.5 Å². The average Bonchev–Trinajstić information content (AvgIpc) is 3.72. The number of nitriles is 1. The summed E-state index contributed by atoms with van der Waals surface area (Å²) in [6, 6.07) is 15.1. The number of epoxide rings is 1. The van der Waals surface area contributed by atoms with E-state index in [0.717, 1.165) is 70.9 Å². The molecule has 0 N–H and O–H groups in total. The molecule has 5 aliphatic heterocycles. The highest BCUT2D eigenvalue weighted by Crippen LogP contribution is 2.39. The first-order chi connectivity index (χ1) is 23.0. The number of anilines is 2. The summed E-state index contributed by atoms with van der Waals surface area (Å²) in [5.74, 6) is 1.13. The van der Waals surface area contributed by atoms with Gasteiger partial charge in [0.05, 0.1) is 49.0 Å². The second-order valence-corrected chi connectivity index (χ2v) is 13.8. The molecule has 4 fully saturated rings. The first kappa shape index (κ1) is 30.6. The van der Waals surface area contributed by atoms with Crippen LogP contribution in [0.2, 0.25) is 5.02 Å². The summed E-state index contributed by atoms with van der Waals surface area (Å²) < 4.78 is 17.4. The molecule has 4 saturated heterocycles. The van der Waals surface area contributed by atoms with Crippen LogP contribution >= 0.6 is 11.6 Å². The summed E-state index contributed by atoms with van der Waals surface area (Å²) in [6.45, 7) is 5.90. The molecule has 12 heteroatoms. The maximum atomic E-state index is 13.5. The number of ether oxygens (including phenoxy) is 3. The second kappa shape index (κ2) is 12.7. The largest absolute Gasteiger partial charge is 0.462 e. The molecule has 0 saturated carbocycles. The van der Waals surface area contributed by atoms with Gasteiger partial charge in [-0.15, -0.1) is 0 Å². The van der Waals surface area contributed by atoms with Crippen molar-refractivity contribution in [2.24, 2.45) is 5.92 Å². The quantitative estimate of drug-likeness (QED) is 0.333. The first-order valence-corrected chi connectivity index (χ1v) is 17.2. The Kier molecular flexibility index (Phi) is 8.30. The van der Waals surface area contributed by atoms with Gasteiger partial charge in [0.25, 0.3) is 5.91 Å². The molecule has 0 unspecified atom stereocenters. The molecule has 5 aliphatic rings. The highest BCUT2D eigenvalue weighted by Gasteiger charge is 2.54. The molecule has 1 amide bonds. The van der Waals surface area contributed by atoms with Crippen LogP contribution in [0.15, 0.2) is 36.4 Å². The number of aromatic nitrogens is 2. The lowest BCUT2D eigenvalue weighted by Gasteiger charge is -2.42. The Morgan fingerprint density at radius 2 is 1.94 bits per heavy atom. The van der Waals surface area contributed by atoms with Crippen LogP contribution in [0.5, 0.6) is 6.01 Å². The molecule has 3 aromatic rings. The number of halogens is 1. The number of carbonyl (C=O) groups excluding carboxylic acids is 1. The van der Waals surface area contributed by atoms with Crippen molar-refractivity contribution in [3.63, 3.8) is 0 Å². The van der Waals surface area contributed by atoms with Gasteiger partial charge in [-0.1, -0.05) is 35.9 Å². The van der Waals surface area contributed by atoms with Crippen LogP contribution in [-0.2, 0) is 27.2 Å². The van der Waals surface area contributed by atoms with Crippen LogP contribution in [0.3, 0.4) is 0 Å². The number of hydrogen-bond acceptors (Lipinski definition) is 10. The van der Waals surface area contributed by atoms with Gasteiger partial charge in [0.1, 0.15) is 18.5 Å². The normalized spacial score (nSPS) is 26.2. The van der Waals surface area contributed by atoms with Gasteiger partial charge >= 0.3 is 6.01 Å². The summed E-state index contributed by atoms with van der Waals surface area (Å²) >= 11 is 6.73. The number of hydrogen-bond donors (Lipinski definition) is 0. The molecule has 1 aromatic heterocycles. The van der Waals surface area contributed by atoms with Crippen molar-refractivity contribution >= 4 is 39.8 Å². The van der Waals surface area contributed by atoms with Crippen molar-refractivity contribution in [3.05, 3.63) is 52.7 Å². The molecule has 2 aromatic carbocycles. The Labute approximate surface area is 279 Å². The fraction of sp³-hybridized carbons (Fsp3) is 0.543. The second-order valence-electron chi connectivity index (χ2n) is 13.4. The number of rotatable bonds is 8. The summed E-state index contributed by atoms with van der Waals surface area (Å²) in [4.78, 5) is 32.3. The Bertz CT molecular complexity index is 1710. The number of benzene rings is 2. The lowest BCUT2D eigenvalue weighted by Crippen LogP contribution is -2.57. The zero-order chi connectivity index (χ0) is 32.1. The van der Waals surface area contributed by atoms with Crippen LogP contribution in [0, 0.1) is 17.2 Å². The van der Waals surface area contributed by atoms with E-state index in [-0.39, 0.29) is 24.5 Å².